The predicted molar refractivity (Wildman–Crippen MR) is 46.7 cm³/mol. The van der Waals surface area contributed by atoms with Crippen molar-refractivity contribution in [3.8, 4) is 0 Å². The van der Waals surface area contributed by atoms with Gasteiger partial charge in [0.25, 0.3) is 0 Å². The molecular formula is C3H6Cl3NO6. The van der Waals surface area contributed by atoms with E-state index in [4.69, 9.17) is 29.7 Å². The summed E-state index contributed by atoms with van der Waals surface area (Å²) >= 11 is 12.6. The lowest BCUT2D eigenvalue weighted by molar-refractivity contribution is 0.219. The van der Waals surface area contributed by atoms with Gasteiger partial charge in [0, 0.05) is 34.8 Å². The van der Waals surface area contributed by atoms with Crippen LogP contribution in [0, 0.1) is 0 Å². The molecule has 0 aromatic carbocycles. The average molecular weight is 258 g/mol. The molecule has 0 heterocycles. The summed E-state index contributed by atoms with van der Waals surface area (Å²) in [4.78, 5) is 26.3. The van der Waals surface area contributed by atoms with Crippen molar-refractivity contribution in [2.75, 3.05) is 0 Å². The molecule has 13 heavy (non-hydrogen) atoms. The van der Waals surface area contributed by atoms with Gasteiger partial charge in [-0.05, 0) is 0 Å². The summed E-state index contributed by atoms with van der Waals surface area (Å²) < 4.78 is 0. The van der Waals surface area contributed by atoms with Crippen molar-refractivity contribution in [2.24, 2.45) is 0 Å². The van der Waals surface area contributed by atoms with Crippen LogP contribution >= 0.6 is 34.8 Å². The maximum absolute atomic E-state index is 8.77. The second kappa shape index (κ2) is 17.4. The maximum atomic E-state index is 8.77. The fourth-order valence-corrected chi connectivity index (χ4v) is 0. The Balaban J connectivity index is -0.0000000450. The molecule has 0 atom stereocenters. The quantitative estimate of drug-likeness (QED) is 0.488. The van der Waals surface area contributed by atoms with Gasteiger partial charge in [0.1, 0.15) is 0 Å². The highest BCUT2D eigenvalue weighted by Crippen LogP contribution is 1.68. The molecule has 0 saturated heterocycles. The van der Waals surface area contributed by atoms with E-state index in [1.165, 1.54) is 0 Å². The van der Waals surface area contributed by atoms with Crippen molar-refractivity contribution in [1.82, 2.24) is 6.15 Å². The van der Waals surface area contributed by atoms with Crippen LogP contribution in [0.4, 0.5) is 14.4 Å². The Morgan fingerprint density at radius 1 is 0.692 bits per heavy atom. The minimum absolute atomic E-state index is 0. The summed E-state index contributed by atoms with van der Waals surface area (Å²) in [6, 6.07) is 0. The topological polar surface area (TPSA) is 147 Å². The first-order chi connectivity index (χ1) is 5.20. The molecule has 0 amide bonds. The van der Waals surface area contributed by atoms with Gasteiger partial charge in [0.2, 0.25) is 0 Å². The van der Waals surface area contributed by atoms with E-state index in [0.29, 0.717) is 0 Å². The van der Waals surface area contributed by atoms with Crippen LogP contribution in [0.5, 0.6) is 0 Å². The molecule has 0 aromatic heterocycles. The van der Waals surface area contributed by atoms with Gasteiger partial charge in [0.15, 0.2) is 0 Å². The molecule has 0 aromatic rings. The standard InChI is InChI=1S/3CHClO2.H3N/c3*2-1(3)4;/h3*(H,3,4);1H3. The van der Waals surface area contributed by atoms with Crippen LogP contribution in [0.15, 0.2) is 0 Å². The molecule has 7 nitrogen and oxygen atoms in total. The largest absolute Gasteiger partial charge is 0.469 e. The van der Waals surface area contributed by atoms with E-state index in [-0.39, 0.29) is 6.15 Å². The lowest BCUT2D eigenvalue weighted by Gasteiger charge is -1.55. The number of rotatable bonds is 0. The normalized spacial score (nSPS) is 5.77. The average Bonchev–Trinajstić information content (AvgIpc) is 1.54. The summed E-state index contributed by atoms with van der Waals surface area (Å²) in [6.45, 7) is 0. The first kappa shape index (κ1) is 22.8. The Labute approximate surface area is 87.4 Å². The second-order valence-corrected chi connectivity index (χ2v) is 1.73. The molecule has 0 bridgehead atoms. The molecule has 0 aliphatic rings. The van der Waals surface area contributed by atoms with Crippen molar-refractivity contribution < 1.29 is 29.7 Å². The van der Waals surface area contributed by atoms with Crippen LogP contribution in [0.3, 0.4) is 0 Å². The van der Waals surface area contributed by atoms with Gasteiger partial charge in [-0.2, -0.15) is 0 Å². The van der Waals surface area contributed by atoms with E-state index < -0.39 is 16.3 Å². The van der Waals surface area contributed by atoms with Crippen LogP contribution in [-0.4, -0.2) is 31.6 Å². The number of halogens is 3. The van der Waals surface area contributed by atoms with E-state index in [2.05, 4.69) is 34.8 Å². The molecular weight excluding hydrogens is 252 g/mol. The third-order valence-electron chi connectivity index (χ3n) is 0. The van der Waals surface area contributed by atoms with E-state index in [0.717, 1.165) is 0 Å². The Kier molecular flexibility index (Phi) is 30.4. The molecule has 10 heteroatoms. The molecule has 0 radical (unpaired) electrons. The van der Waals surface area contributed by atoms with Gasteiger partial charge >= 0.3 is 16.3 Å². The smallest absolute Gasteiger partial charge is 0.401 e. The van der Waals surface area contributed by atoms with Gasteiger partial charge in [-0.3, -0.25) is 0 Å². The number of hydrogen-bond donors (Lipinski definition) is 4. The van der Waals surface area contributed by atoms with Crippen molar-refractivity contribution in [3.05, 3.63) is 0 Å². The zero-order valence-electron chi connectivity index (χ0n) is 5.91. The van der Waals surface area contributed by atoms with Crippen LogP contribution in [0.1, 0.15) is 0 Å². The molecule has 0 aliphatic carbocycles. The van der Waals surface area contributed by atoms with Crippen molar-refractivity contribution in [2.45, 2.75) is 0 Å². The van der Waals surface area contributed by atoms with Gasteiger partial charge < -0.3 is 21.5 Å². The van der Waals surface area contributed by atoms with Crippen molar-refractivity contribution in [3.63, 3.8) is 0 Å². The highest BCUT2D eigenvalue weighted by Gasteiger charge is 1.71. The molecule has 0 rings (SSSR count). The SMILES string of the molecule is N.O=C(O)Cl.O=C(O)Cl.O=C(O)Cl. The summed E-state index contributed by atoms with van der Waals surface area (Å²) in [5, 5.41) is 21.5. The van der Waals surface area contributed by atoms with Crippen molar-refractivity contribution in [1.29, 1.82) is 0 Å². The minimum Gasteiger partial charge on any atom is -0.469 e. The summed E-state index contributed by atoms with van der Waals surface area (Å²) in [6.07, 6.45) is 0. The van der Waals surface area contributed by atoms with E-state index in [1.807, 2.05) is 0 Å². The third kappa shape index (κ3) is 1660. The Morgan fingerprint density at radius 3 is 0.692 bits per heavy atom. The van der Waals surface area contributed by atoms with Gasteiger partial charge in [-0.1, -0.05) is 0 Å². The fourth-order valence-electron chi connectivity index (χ4n) is 0. The fraction of sp³-hybridized carbons (Fsp3) is 0. The number of carbonyl (C=O) groups is 3. The van der Waals surface area contributed by atoms with Gasteiger partial charge in [-0.25, -0.2) is 14.4 Å². The molecule has 0 saturated carbocycles. The first-order valence-electron chi connectivity index (χ1n) is 1.85. The zero-order chi connectivity index (χ0) is 10.7. The van der Waals surface area contributed by atoms with E-state index in [1.54, 1.807) is 0 Å². The van der Waals surface area contributed by atoms with E-state index >= 15 is 0 Å². The third-order valence-corrected chi connectivity index (χ3v) is 0. The summed E-state index contributed by atoms with van der Waals surface area (Å²) in [5.41, 5.74) is -4.08. The lowest BCUT2D eigenvalue weighted by Crippen LogP contribution is -1.66. The van der Waals surface area contributed by atoms with Crippen LogP contribution in [0.2, 0.25) is 0 Å². The molecule has 6 N–H and O–H groups in total. The van der Waals surface area contributed by atoms with Crippen LogP contribution in [-0.2, 0) is 0 Å². The number of hydrogen-bond acceptors (Lipinski definition) is 4. The van der Waals surface area contributed by atoms with Gasteiger partial charge in [-0.15, -0.1) is 0 Å². The molecule has 80 valence electrons. The van der Waals surface area contributed by atoms with Crippen LogP contribution in [0.25, 0.3) is 0 Å². The molecule has 0 fully saturated rings. The van der Waals surface area contributed by atoms with Crippen molar-refractivity contribution >= 4 is 51.1 Å². The summed E-state index contributed by atoms with van der Waals surface area (Å²) in [5.74, 6) is 0. The number of carboxylic acid groups (broad SMARTS) is 3. The Bertz CT molecular complexity index is 121. The highest BCUT2D eigenvalue weighted by atomic mass is 35.5. The first-order valence-corrected chi connectivity index (χ1v) is 2.98. The minimum atomic E-state index is -1.36. The molecule has 0 unspecified atom stereocenters. The summed E-state index contributed by atoms with van der Waals surface area (Å²) in [7, 11) is 0. The lowest BCUT2D eigenvalue weighted by atomic mass is 11.6. The second-order valence-electron chi connectivity index (χ2n) is 0.759. The molecule has 0 spiro atoms. The van der Waals surface area contributed by atoms with Crippen LogP contribution < -0.4 is 6.15 Å². The van der Waals surface area contributed by atoms with E-state index in [9.17, 15) is 0 Å². The Hall–Kier alpha value is -0.760. The van der Waals surface area contributed by atoms with Gasteiger partial charge in [0.05, 0.1) is 0 Å². The monoisotopic (exact) mass is 257 g/mol. The predicted octanol–water partition coefficient (Wildman–Crippen LogP) is 2.87. The zero-order valence-corrected chi connectivity index (χ0v) is 8.18. The highest BCUT2D eigenvalue weighted by molar-refractivity contribution is 6.60. The molecule has 0 aliphatic heterocycles. The Morgan fingerprint density at radius 2 is 0.692 bits per heavy atom. The maximum Gasteiger partial charge on any atom is 0.401 e.